The fourth-order valence-corrected chi connectivity index (χ4v) is 3.32. The Kier molecular flexibility index (Phi) is 4.56. The van der Waals surface area contributed by atoms with E-state index in [1.807, 2.05) is 26.0 Å². The molecule has 1 aromatic heterocycles. The highest BCUT2D eigenvalue weighted by Crippen LogP contribution is 2.30. The van der Waals surface area contributed by atoms with Crippen LogP contribution < -0.4 is 0 Å². The van der Waals surface area contributed by atoms with Gasteiger partial charge in [-0.1, -0.05) is 17.7 Å². The number of ether oxygens (including phenoxy) is 1. The smallest absolute Gasteiger partial charge is 0.334 e. The summed E-state index contributed by atoms with van der Waals surface area (Å²) in [4.78, 5) is 23.4. The molecule has 0 saturated carbocycles. The molecule has 0 amide bonds. The van der Waals surface area contributed by atoms with Crippen LogP contribution in [0.2, 0.25) is 0 Å². The van der Waals surface area contributed by atoms with Gasteiger partial charge in [-0.05, 0) is 50.8 Å². The van der Waals surface area contributed by atoms with Crippen LogP contribution in [0.1, 0.15) is 55.0 Å². The first-order valence-corrected chi connectivity index (χ1v) is 8.28. The SMILES string of the molecule is C=C(C)[C@@H]1CCC2=C[C@H](C/C(C)=C\c3cc(C=O)c(o3)C1)OC2=O. The molecule has 24 heavy (non-hydrogen) atoms. The maximum absolute atomic E-state index is 12.0. The molecule has 4 bridgehead atoms. The summed E-state index contributed by atoms with van der Waals surface area (Å²) in [5.74, 6) is 1.30. The van der Waals surface area contributed by atoms with Crippen LogP contribution in [0, 0.1) is 5.92 Å². The monoisotopic (exact) mass is 326 g/mol. The van der Waals surface area contributed by atoms with Gasteiger partial charge in [0.2, 0.25) is 0 Å². The second-order valence-electron chi connectivity index (χ2n) is 6.76. The van der Waals surface area contributed by atoms with E-state index in [4.69, 9.17) is 9.15 Å². The first kappa shape index (κ1) is 16.5. The van der Waals surface area contributed by atoms with Gasteiger partial charge < -0.3 is 9.15 Å². The average molecular weight is 326 g/mol. The van der Waals surface area contributed by atoms with Crippen molar-refractivity contribution in [1.29, 1.82) is 0 Å². The van der Waals surface area contributed by atoms with Crippen molar-refractivity contribution in [1.82, 2.24) is 0 Å². The van der Waals surface area contributed by atoms with E-state index in [1.54, 1.807) is 6.07 Å². The molecular formula is C20H22O4. The van der Waals surface area contributed by atoms with Gasteiger partial charge in [0.1, 0.15) is 17.6 Å². The zero-order chi connectivity index (χ0) is 17.3. The number of allylic oxidation sites excluding steroid dienone is 1. The summed E-state index contributed by atoms with van der Waals surface area (Å²) >= 11 is 0. The third kappa shape index (κ3) is 3.42. The number of rotatable bonds is 2. The molecule has 0 radical (unpaired) electrons. The van der Waals surface area contributed by atoms with Gasteiger partial charge in [0.15, 0.2) is 6.29 Å². The van der Waals surface area contributed by atoms with Gasteiger partial charge in [-0.15, -0.1) is 0 Å². The van der Waals surface area contributed by atoms with Crippen molar-refractivity contribution in [3.05, 3.63) is 52.5 Å². The number of hydrogen-bond acceptors (Lipinski definition) is 4. The lowest BCUT2D eigenvalue weighted by molar-refractivity contribution is -0.139. The van der Waals surface area contributed by atoms with Crippen LogP contribution in [0.5, 0.6) is 0 Å². The van der Waals surface area contributed by atoms with Crippen LogP contribution in [0.25, 0.3) is 6.08 Å². The first-order valence-electron chi connectivity index (χ1n) is 8.28. The highest BCUT2D eigenvalue weighted by atomic mass is 16.5. The minimum Gasteiger partial charge on any atom is -0.461 e. The van der Waals surface area contributed by atoms with Crippen LogP contribution >= 0.6 is 0 Å². The Morgan fingerprint density at radius 2 is 2.17 bits per heavy atom. The van der Waals surface area contributed by atoms with Gasteiger partial charge in [-0.25, -0.2) is 4.79 Å². The van der Waals surface area contributed by atoms with E-state index in [-0.39, 0.29) is 18.0 Å². The summed E-state index contributed by atoms with van der Waals surface area (Å²) in [6.45, 7) is 8.00. The molecule has 3 rings (SSSR count). The van der Waals surface area contributed by atoms with Gasteiger partial charge in [-0.2, -0.15) is 0 Å². The molecule has 0 spiro atoms. The second kappa shape index (κ2) is 6.63. The second-order valence-corrected chi connectivity index (χ2v) is 6.76. The van der Waals surface area contributed by atoms with Crippen molar-refractivity contribution in [3.63, 3.8) is 0 Å². The van der Waals surface area contributed by atoms with Gasteiger partial charge in [0.05, 0.1) is 5.56 Å². The lowest BCUT2D eigenvalue weighted by Crippen LogP contribution is -2.10. The van der Waals surface area contributed by atoms with Crippen molar-refractivity contribution in [2.24, 2.45) is 5.92 Å². The Bertz CT molecular complexity index is 748. The molecule has 0 aromatic carbocycles. The van der Waals surface area contributed by atoms with Gasteiger partial charge in [-0.3, -0.25) is 4.79 Å². The van der Waals surface area contributed by atoms with Crippen LogP contribution in [-0.2, 0) is 16.0 Å². The lowest BCUT2D eigenvalue weighted by Gasteiger charge is -2.16. The Labute approximate surface area is 141 Å². The number of aldehydes is 1. The van der Waals surface area contributed by atoms with E-state index in [2.05, 4.69) is 6.58 Å². The standard InChI is InChI=1S/C20H22O4/c1-12(2)14-4-5-15-8-18(24-20(15)22)7-13(3)6-17-9-16(11-21)19(10-14)23-17/h6,8-9,11,14,18H,1,4-5,7,10H2,2-3H3/b13-6-/t14-,18+/m1/s1. The van der Waals surface area contributed by atoms with Crippen LogP contribution in [0.4, 0.5) is 0 Å². The number of esters is 1. The van der Waals surface area contributed by atoms with Crippen LogP contribution in [-0.4, -0.2) is 18.4 Å². The van der Waals surface area contributed by atoms with Crippen molar-refractivity contribution in [2.45, 2.75) is 45.6 Å². The summed E-state index contributed by atoms with van der Waals surface area (Å²) < 4.78 is 11.3. The molecule has 126 valence electrons. The van der Waals surface area contributed by atoms with Crippen molar-refractivity contribution in [3.8, 4) is 0 Å². The number of furan rings is 1. The normalized spacial score (nSPS) is 26.2. The van der Waals surface area contributed by atoms with Crippen LogP contribution in [0.3, 0.4) is 0 Å². The number of carbonyl (C=O) groups excluding carboxylic acids is 2. The molecule has 2 atom stereocenters. The van der Waals surface area contributed by atoms with E-state index in [1.165, 1.54) is 0 Å². The fourth-order valence-electron chi connectivity index (χ4n) is 3.32. The molecule has 4 heteroatoms. The van der Waals surface area contributed by atoms with E-state index in [0.717, 1.165) is 29.4 Å². The van der Waals surface area contributed by atoms with E-state index in [0.29, 0.717) is 36.3 Å². The summed E-state index contributed by atoms with van der Waals surface area (Å²) in [7, 11) is 0. The van der Waals surface area contributed by atoms with Gasteiger partial charge in [0.25, 0.3) is 0 Å². The molecule has 0 fully saturated rings. The third-order valence-corrected chi connectivity index (χ3v) is 4.70. The molecule has 3 heterocycles. The number of carbonyl (C=O) groups is 2. The zero-order valence-electron chi connectivity index (χ0n) is 14.1. The number of fused-ring (bicyclic) bond motifs is 3. The molecule has 0 unspecified atom stereocenters. The predicted molar refractivity (Wildman–Crippen MR) is 91.6 cm³/mol. The Morgan fingerprint density at radius 3 is 2.88 bits per heavy atom. The first-order chi connectivity index (χ1) is 11.5. The van der Waals surface area contributed by atoms with E-state index < -0.39 is 0 Å². The van der Waals surface area contributed by atoms with E-state index >= 15 is 0 Å². The minimum atomic E-state index is -0.215. The zero-order valence-corrected chi connectivity index (χ0v) is 14.1. The minimum absolute atomic E-state index is 0.154. The Hall–Kier alpha value is -2.36. The lowest BCUT2D eigenvalue weighted by atomic mass is 9.89. The number of hydrogen-bond donors (Lipinski definition) is 0. The van der Waals surface area contributed by atoms with Gasteiger partial charge in [0, 0.05) is 18.4 Å². The molecular weight excluding hydrogens is 304 g/mol. The largest absolute Gasteiger partial charge is 0.461 e. The van der Waals surface area contributed by atoms with E-state index in [9.17, 15) is 9.59 Å². The summed E-state index contributed by atoms with van der Waals surface area (Å²) in [5, 5.41) is 0. The predicted octanol–water partition coefficient (Wildman–Crippen LogP) is 4.27. The van der Waals surface area contributed by atoms with Crippen molar-refractivity contribution in [2.75, 3.05) is 0 Å². The molecule has 2 aliphatic rings. The molecule has 4 nitrogen and oxygen atoms in total. The highest BCUT2D eigenvalue weighted by molar-refractivity contribution is 5.90. The molecule has 0 N–H and O–H groups in total. The highest BCUT2D eigenvalue weighted by Gasteiger charge is 2.27. The molecule has 0 aliphatic carbocycles. The van der Waals surface area contributed by atoms with Crippen molar-refractivity contribution < 1.29 is 18.7 Å². The van der Waals surface area contributed by atoms with Gasteiger partial charge >= 0.3 is 5.97 Å². The Balaban J connectivity index is 1.99. The quantitative estimate of drug-likeness (QED) is 0.463. The average Bonchev–Trinajstić information content (AvgIpc) is 3.05. The fraction of sp³-hybridized carbons (Fsp3) is 0.400. The molecule has 0 saturated heterocycles. The third-order valence-electron chi connectivity index (χ3n) is 4.70. The summed E-state index contributed by atoms with van der Waals surface area (Å²) in [5.41, 5.74) is 3.40. The summed E-state index contributed by atoms with van der Waals surface area (Å²) in [6, 6.07) is 1.77. The Morgan fingerprint density at radius 1 is 1.38 bits per heavy atom. The molecule has 1 aromatic rings. The summed E-state index contributed by atoms with van der Waals surface area (Å²) in [6.07, 6.45) is 7.15. The topological polar surface area (TPSA) is 56.5 Å². The maximum Gasteiger partial charge on any atom is 0.334 e. The van der Waals surface area contributed by atoms with Crippen molar-refractivity contribution >= 4 is 18.3 Å². The van der Waals surface area contributed by atoms with Crippen LogP contribution in [0.15, 0.2) is 39.9 Å². The molecule has 2 aliphatic heterocycles. The maximum atomic E-state index is 12.0.